The van der Waals surface area contributed by atoms with E-state index in [1.807, 2.05) is 11.8 Å². The fourth-order valence-corrected chi connectivity index (χ4v) is 3.88. The monoisotopic (exact) mass is 223 g/mol. The molecule has 1 aromatic rings. The summed E-state index contributed by atoms with van der Waals surface area (Å²) in [5.74, 6) is 2.26. The molecule has 1 aliphatic carbocycles. The summed E-state index contributed by atoms with van der Waals surface area (Å²) in [5, 5.41) is 4.71. The molecule has 1 saturated carbocycles. The third-order valence-electron chi connectivity index (χ3n) is 3.55. The van der Waals surface area contributed by atoms with Crippen LogP contribution in [-0.4, -0.2) is 9.78 Å². The summed E-state index contributed by atoms with van der Waals surface area (Å²) in [6.45, 7) is 0.600. The molecule has 1 fully saturated rings. The number of aromatic nitrogens is 2. The van der Waals surface area contributed by atoms with E-state index in [2.05, 4.69) is 4.68 Å². The van der Waals surface area contributed by atoms with Crippen LogP contribution in [0.3, 0.4) is 0 Å². The number of fused-ring (bicyclic) bond motifs is 1. The quantitative estimate of drug-likeness (QED) is 0.836. The van der Waals surface area contributed by atoms with Crippen LogP contribution in [0.4, 0.5) is 0 Å². The maximum absolute atomic E-state index is 5.75. The summed E-state index contributed by atoms with van der Waals surface area (Å²) in [6, 6.07) is 0.665. The highest BCUT2D eigenvalue weighted by Crippen LogP contribution is 2.37. The van der Waals surface area contributed by atoms with Gasteiger partial charge in [-0.05, 0) is 12.8 Å². The molecule has 3 rings (SSSR count). The molecule has 0 bridgehead atoms. The summed E-state index contributed by atoms with van der Waals surface area (Å²) in [7, 11) is 0. The fourth-order valence-electron chi connectivity index (χ4n) is 2.74. The van der Waals surface area contributed by atoms with Gasteiger partial charge in [-0.2, -0.15) is 16.9 Å². The topological polar surface area (TPSA) is 43.8 Å². The predicted octanol–water partition coefficient (Wildman–Crippen LogP) is 2.20. The first kappa shape index (κ1) is 9.73. The van der Waals surface area contributed by atoms with Crippen molar-refractivity contribution in [2.45, 2.75) is 49.8 Å². The van der Waals surface area contributed by atoms with Gasteiger partial charge >= 0.3 is 0 Å². The molecule has 0 radical (unpaired) electrons. The molecular formula is C11H17N3S. The van der Waals surface area contributed by atoms with Crippen LogP contribution in [0.5, 0.6) is 0 Å². The third-order valence-corrected chi connectivity index (χ3v) is 4.52. The largest absolute Gasteiger partial charge is 0.325 e. The van der Waals surface area contributed by atoms with Crippen LogP contribution in [0.15, 0.2) is 0 Å². The summed E-state index contributed by atoms with van der Waals surface area (Å²) in [6.07, 6.45) is 5.35. The van der Waals surface area contributed by atoms with Gasteiger partial charge in [0.15, 0.2) is 0 Å². The van der Waals surface area contributed by atoms with Gasteiger partial charge in [0.2, 0.25) is 0 Å². The number of hydrogen-bond acceptors (Lipinski definition) is 3. The molecule has 0 saturated heterocycles. The lowest BCUT2D eigenvalue weighted by Gasteiger charge is -2.12. The minimum Gasteiger partial charge on any atom is -0.325 e. The predicted molar refractivity (Wildman–Crippen MR) is 62.6 cm³/mol. The average molecular weight is 223 g/mol. The van der Waals surface area contributed by atoms with Crippen LogP contribution < -0.4 is 5.73 Å². The van der Waals surface area contributed by atoms with Gasteiger partial charge in [-0.1, -0.05) is 12.8 Å². The Morgan fingerprint density at radius 3 is 2.87 bits per heavy atom. The van der Waals surface area contributed by atoms with E-state index in [0.717, 1.165) is 17.2 Å². The Kier molecular flexibility index (Phi) is 2.48. The van der Waals surface area contributed by atoms with Crippen molar-refractivity contribution >= 4 is 11.8 Å². The van der Waals surface area contributed by atoms with Crippen LogP contribution in [0.25, 0.3) is 0 Å². The third kappa shape index (κ3) is 1.51. The Bertz CT molecular complexity index is 366. The zero-order valence-corrected chi connectivity index (χ0v) is 9.72. The van der Waals surface area contributed by atoms with Gasteiger partial charge in [0, 0.05) is 23.6 Å². The molecule has 0 aromatic carbocycles. The van der Waals surface area contributed by atoms with Crippen LogP contribution in [0.2, 0.25) is 0 Å². The standard InChI is InChI=1S/C11H17N3S/c12-5-10-9-6-15-7-11(9)14(13-10)8-3-1-2-4-8/h8H,1-7,12H2. The molecule has 0 unspecified atom stereocenters. The lowest BCUT2D eigenvalue weighted by atomic mass is 10.2. The van der Waals surface area contributed by atoms with Crippen molar-refractivity contribution in [1.29, 1.82) is 0 Å². The number of nitrogens with two attached hydrogens (primary N) is 1. The normalized spacial score (nSPS) is 21.1. The van der Waals surface area contributed by atoms with Crippen molar-refractivity contribution in [1.82, 2.24) is 9.78 Å². The molecule has 1 aliphatic heterocycles. The summed E-state index contributed by atoms with van der Waals surface area (Å²) in [5.41, 5.74) is 9.79. The first-order valence-corrected chi connectivity index (χ1v) is 6.92. The fraction of sp³-hybridized carbons (Fsp3) is 0.727. The van der Waals surface area contributed by atoms with Crippen LogP contribution in [0, 0.1) is 0 Å². The van der Waals surface area contributed by atoms with E-state index in [1.54, 1.807) is 0 Å². The van der Waals surface area contributed by atoms with E-state index in [9.17, 15) is 0 Å². The highest BCUT2D eigenvalue weighted by molar-refractivity contribution is 7.98. The zero-order chi connectivity index (χ0) is 10.3. The molecule has 4 heteroatoms. The molecule has 0 amide bonds. The van der Waals surface area contributed by atoms with E-state index in [1.165, 1.54) is 36.9 Å². The van der Waals surface area contributed by atoms with Gasteiger partial charge in [-0.25, -0.2) is 0 Å². The van der Waals surface area contributed by atoms with E-state index in [4.69, 9.17) is 10.8 Å². The average Bonchev–Trinajstić information content (AvgIpc) is 2.94. The Morgan fingerprint density at radius 2 is 2.13 bits per heavy atom. The summed E-state index contributed by atoms with van der Waals surface area (Å²) in [4.78, 5) is 0. The van der Waals surface area contributed by atoms with Gasteiger partial charge in [0.1, 0.15) is 0 Å². The molecule has 2 N–H and O–H groups in total. The van der Waals surface area contributed by atoms with Crippen LogP contribution in [0.1, 0.15) is 48.7 Å². The van der Waals surface area contributed by atoms with E-state index in [-0.39, 0.29) is 0 Å². The van der Waals surface area contributed by atoms with Crippen molar-refractivity contribution in [2.24, 2.45) is 5.73 Å². The molecule has 15 heavy (non-hydrogen) atoms. The van der Waals surface area contributed by atoms with Crippen molar-refractivity contribution < 1.29 is 0 Å². The minimum absolute atomic E-state index is 0.600. The van der Waals surface area contributed by atoms with Crippen molar-refractivity contribution in [3.8, 4) is 0 Å². The zero-order valence-electron chi connectivity index (χ0n) is 8.91. The SMILES string of the molecule is NCc1nn(C2CCCC2)c2c1CSC2. The smallest absolute Gasteiger partial charge is 0.0804 e. The highest BCUT2D eigenvalue weighted by atomic mass is 32.2. The molecule has 0 atom stereocenters. The Morgan fingerprint density at radius 1 is 1.33 bits per heavy atom. The number of nitrogens with zero attached hydrogens (tertiary/aromatic N) is 2. The van der Waals surface area contributed by atoms with Gasteiger partial charge in [0.05, 0.1) is 17.4 Å². The van der Waals surface area contributed by atoms with Gasteiger partial charge in [0.25, 0.3) is 0 Å². The second-order valence-corrected chi connectivity index (χ2v) is 5.44. The summed E-state index contributed by atoms with van der Waals surface area (Å²) < 4.78 is 2.30. The Labute approximate surface area is 94.4 Å². The molecule has 2 heterocycles. The lowest BCUT2D eigenvalue weighted by Crippen LogP contribution is -2.10. The second-order valence-electron chi connectivity index (χ2n) is 4.45. The van der Waals surface area contributed by atoms with E-state index < -0.39 is 0 Å². The maximum Gasteiger partial charge on any atom is 0.0804 e. The lowest BCUT2D eigenvalue weighted by molar-refractivity contribution is 0.452. The van der Waals surface area contributed by atoms with Crippen molar-refractivity contribution in [3.05, 3.63) is 17.0 Å². The van der Waals surface area contributed by atoms with E-state index in [0.29, 0.717) is 12.6 Å². The summed E-state index contributed by atoms with van der Waals surface area (Å²) >= 11 is 2.00. The second kappa shape index (κ2) is 3.83. The number of thioether (sulfide) groups is 1. The van der Waals surface area contributed by atoms with Crippen LogP contribution in [-0.2, 0) is 18.1 Å². The number of hydrogen-bond donors (Lipinski definition) is 1. The molecule has 0 spiro atoms. The molecule has 2 aliphatic rings. The maximum atomic E-state index is 5.75. The molecule has 82 valence electrons. The number of rotatable bonds is 2. The van der Waals surface area contributed by atoms with Crippen molar-refractivity contribution in [2.75, 3.05) is 0 Å². The first-order chi connectivity index (χ1) is 7.40. The van der Waals surface area contributed by atoms with Gasteiger partial charge in [-0.3, -0.25) is 4.68 Å². The van der Waals surface area contributed by atoms with Gasteiger partial charge < -0.3 is 5.73 Å². The Hall–Kier alpha value is -0.480. The highest BCUT2D eigenvalue weighted by Gasteiger charge is 2.27. The van der Waals surface area contributed by atoms with Gasteiger partial charge in [-0.15, -0.1) is 0 Å². The molecule has 3 nitrogen and oxygen atoms in total. The molecule has 1 aromatic heterocycles. The van der Waals surface area contributed by atoms with Crippen molar-refractivity contribution in [3.63, 3.8) is 0 Å². The Balaban J connectivity index is 2.00. The van der Waals surface area contributed by atoms with E-state index >= 15 is 0 Å². The minimum atomic E-state index is 0.600. The first-order valence-electron chi connectivity index (χ1n) is 5.77. The van der Waals surface area contributed by atoms with Crippen LogP contribution >= 0.6 is 11.8 Å². The molecular weight excluding hydrogens is 206 g/mol.